The van der Waals surface area contributed by atoms with Gasteiger partial charge in [-0.25, -0.2) is 0 Å². The van der Waals surface area contributed by atoms with Crippen molar-refractivity contribution in [1.29, 1.82) is 0 Å². The maximum Gasteiger partial charge on any atom is 0.416 e. The fourth-order valence-corrected chi connectivity index (χ4v) is 1.44. The molecule has 2 nitrogen and oxygen atoms in total. The average molecular weight is 243 g/mol. The number of amides is 1. The predicted molar refractivity (Wildman–Crippen MR) is 59.7 cm³/mol. The van der Waals surface area contributed by atoms with E-state index in [-0.39, 0.29) is 11.5 Å². The number of hydrogen-bond donors (Lipinski definition) is 1. The fraction of sp³-hybridized carbons (Fsp3) is 0.250. The molecule has 0 spiro atoms. The number of alkyl halides is 3. The Labute approximate surface area is 97.1 Å². The van der Waals surface area contributed by atoms with E-state index in [0.717, 1.165) is 0 Å². The Hall–Kier alpha value is -1.78. The lowest BCUT2D eigenvalue weighted by molar-refractivity contribution is -0.0687. The van der Waals surface area contributed by atoms with Gasteiger partial charge in [0.25, 0.3) is 5.91 Å². The van der Waals surface area contributed by atoms with Crippen LogP contribution in [0.1, 0.15) is 21.5 Å². The minimum Gasteiger partial charge on any atom is -0.355 e. The molecule has 0 heterocycles. The number of aryl methyl sites for hydroxylation is 1. The van der Waals surface area contributed by atoms with Crippen molar-refractivity contribution in [1.82, 2.24) is 5.32 Å². The second-order valence-electron chi connectivity index (χ2n) is 3.59. The van der Waals surface area contributed by atoms with Crippen molar-refractivity contribution in [2.45, 2.75) is 13.1 Å². The van der Waals surface area contributed by atoms with Gasteiger partial charge >= 0.3 is 6.18 Å². The van der Waals surface area contributed by atoms with E-state index in [2.05, 4.69) is 11.9 Å². The summed E-state index contributed by atoms with van der Waals surface area (Å²) in [5, 5.41) is 2.40. The van der Waals surface area contributed by atoms with E-state index in [0.29, 0.717) is 11.1 Å². The molecule has 0 aromatic heterocycles. The molecular weight excluding hydrogens is 231 g/mol. The number of carbonyl (C=O) groups excluding carboxylic acids is 1. The topological polar surface area (TPSA) is 29.1 Å². The zero-order valence-corrected chi connectivity index (χ0v) is 9.48. The van der Waals surface area contributed by atoms with Gasteiger partial charge in [-0.2, -0.15) is 13.2 Å². The molecule has 1 N–H and O–H groups in total. The number of halogens is 3. The number of allylic oxidation sites excluding steroid dienone is 1. The minimum absolute atomic E-state index is 0.00477. The first-order valence-electron chi connectivity index (χ1n) is 4.86. The molecule has 1 rings (SSSR count). The van der Waals surface area contributed by atoms with Gasteiger partial charge in [0.05, 0.1) is 5.57 Å². The third-order valence-electron chi connectivity index (χ3n) is 2.38. The molecule has 0 saturated heterocycles. The van der Waals surface area contributed by atoms with Crippen LogP contribution in [0.2, 0.25) is 0 Å². The molecule has 92 valence electrons. The number of carbonyl (C=O) groups is 1. The Kier molecular flexibility index (Phi) is 3.60. The van der Waals surface area contributed by atoms with Crippen LogP contribution in [-0.4, -0.2) is 19.1 Å². The fourth-order valence-electron chi connectivity index (χ4n) is 1.44. The van der Waals surface area contributed by atoms with E-state index in [1.54, 1.807) is 0 Å². The van der Waals surface area contributed by atoms with Crippen LogP contribution in [0.15, 0.2) is 24.8 Å². The van der Waals surface area contributed by atoms with Crippen LogP contribution in [0.3, 0.4) is 0 Å². The molecule has 1 amide bonds. The van der Waals surface area contributed by atoms with Crippen LogP contribution in [-0.2, 0) is 0 Å². The molecule has 0 aliphatic carbocycles. The van der Waals surface area contributed by atoms with Crippen molar-refractivity contribution in [2.24, 2.45) is 0 Å². The first-order valence-corrected chi connectivity index (χ1v) is 4.86. The molecule has 0 bridgehead atoms. The first kappa shape index (κ1) is 13.3. The van der Waals surface area contributed by atoms with E-state index >= 15 is 0 Å². The Morgan fingerprint density at radius 1 is 1.35 bits per heavy atom. The molecule has 0 atom stereocenters. The van der Waals surface area contributed by atoms with Gasteiger partial charge in [-0.15, -0.1) is 0 Å². The lowest BCUT2D eigenvalue weighted by Gasteiger charge is -2.13. The quantitative estimate of drug-likeness (QED) is 0.850. The lowest BCUT2D eigenvalue weighted by Crippen LogP contribution is -2.18. The maximum absolute atomic E-state index is 12.5. The van der Waals surface area contributed by atoms with E-state index in [1.165, 1.54) is 32.2 Å². The molecule has 0 aliphatic rings. The highest BCUT2D eigenvalue weighted by Gasteiger charge is 2.33. The van der Waals surface area contributed by atoms with E-state index in [4.69, 9.17) is 0 Å². The Morgan fingerprint density at radius 2 is 1.94 bits per heavy atom. The number of benzene rings is 1. The second kappa shape index (κ2) is 4.61. The van der Waals surface area contributed by atoms with Gasteiger partial charge in [-0.05, 0) is 30.2 Å². The van der Waals surface area contributed by atoms with Gasteiger partial charge in [0.2, 0.25) is 0 Å². The summed E-state index contributed by atoms with van der Waals surface area (Å²) in [5.74, 6) is -0.336. The summed E-state index contributed by atoms with van der Waals surface area (Å²) in [4.78, 5) is 11.3. The zero-order valence-electron chi connectivity index (χ0n) is 9.48. The van der Waals surface area contributed by atoms with Crippen molar-refractivity contribution in [2.75, 3.05) is 7.05 Å². The van der Waals surface area contributed by atoms with Crippen molar-refractivity contribution in [3.05, 3.63) is 41.5 Å². The zero-order chi connectivity index (χ0) is 13.2. The van der Waals surface area contributed by atoms with E-state index < -0.39 is 11.7 Å². The summed E-state index contributed by atoms with van der Waals surface area (Å²) in [6.07, 6.45) is -4.46. The average Bonchev–Trinajstić information content (AvgIpc) is 2.25. The second-order valence-corrected chi connectivity index (χ2v) is 3.59. The monoisotopic (exact) mass is 243 g/mol. The van der Waals surface area contributed by atoms with Crippen molar-refractivity contribution < 1.29 is 18.0 Å². The molecule has 0 radical (unpaired) electrons. The summed E-state index contributed by atoms with van der Waals surface area (Å²) in [6, 6.07) is 4.01. The molecule has 1 aromatic carbocycles. The highest BCUT2D eigenvalue weighted by Crippen LogP contribution is 2.33. The molecule has 1 aromatic rings. The standard InChI is InChI=1S/C12H12F3NO/c1-7-6-9(11(17)16-3)4-5-10(7)8(2)12(13,14)15/h4-6H,2H2,1,3H3,(H,16,17). The third-order valence-corrected chi connectivity index (χ3v) is 2.38. The summed E-state index contributed by atoms with van der Waals surface area (Å²) in [5.41, 5.74) is -0.208. The van der Waals surface area contributed by atoms with Gasteiger partial charge in [0.1, 0.15) is 0 Å². The van der Waals surface area contributed by atoms with Gasteiger partial charge in [0.15, 0.2) is 0 Å². The van der Waals surface area contributed by atoms with Crippen LogP contribution >= 0.6 is 0 Å². The number of rotatable bonds is 2. The molecule has 5 heteroatoms. The van der Waals surface area contributed by atoms with Crippen LogP contribution < -0.4 is 5.32 Å². The number of nitrogens with one attached hydrogen (secondary N) is 1. The Bertz CT molecular complexity index is 463. The normalized spacial score (nSPS) is 11.1. The largest absolute Gasteiger partial charge is 0.416 e. The first-order chi connectivity index (χ1) is 7.77. The molecule has 17 heavy (non-hydrogen) atoms. The molecule has 0 aliphatic heterocycles. The van der Waals surface area contributed by atoms with Crippen LogP contribution in [0.4, 0.5) is 13.2 Å². The molecule has 0 saturated carbocycles. The highest BCUT2D eigenvalue weighted by atomic mass is 19.4. The van der Waals surface area contributed by atoms with Crippen molar-refractivity contribution >= 4 is 11.5 Å². The smallest absolute Gasteiger partial charge is 0.355 e. The van der Waals surface area contributed by atoms with Crippen LogP contribution in [0, 0.1) is 6.92 Å². The summed E-state index contributed by atoms with van der Waals surface area (Å²) in [6.45, 7) is 4.54. The van der Waals surface area contributed by atoms with E-state index in [1.807, 2.05) is 0 Å². The minimum atomic E-state index is -4.46. The summed E-state index contributed by atoms with van der Waals surface area (Å²) in [7, 11) is 1.46. The molecule has 0 unspecified atom stereocenters. The Morgan fingerprint density at radius 3 is 2.35 bits per heavy atom. The predicted octanol–water partition coefficient (Wildman–Crippen LogP) is 2.93. The van der Waals surface area contributed by atoms with E-state index in [9.17, 15) is 18.0 Å². The number of hydrogen-bond acceptors (Lipinski definition) is 1. The SMILES string of the molecule is C=C(c1ccc(C(=O)NC)cc1C)C(F)(F)F. The maximum atomic E-state index is 12.5. The summed E-state index contributed by atoms with van der Waals surface area (Å²) < 4.78 is 37.4. The van der Waals surface area contributed by atoms with Gasteiger partial charge in [-0.1, -0.05) is 12.6 Å². The van der Waals surface area contributed by atoms with Gasteiger partial charge in [0, 0.05) is 12.6 Å². The van der Waals surface area contributed by atoms with Crippen LogP contribution in [0.5, 0.6) is 0 Å². The van der Waals surface area contributed by atoms with Gasteiger partial charge in [-0.3, -0.25) is 4.79 Å². The lowest BCUT2D eigenvalue weighted by atomic mass is 9.99. The van der Waals surface area contributed by atoms with Crippen molar-refractivity contribution in [3.63, 3.8) is 0 Å². The van der Waals surface area contributed by atoms with Crippen molar-refractivity contribution in [3.8, 4) is 0 Å². The molecule has 0 fully saturated rings. The summed E-state index contributed by atoms with van der Waals surface area (Å²) >= 11 is 0. The highest BCUT2D eigenvalue weighted by molar-refractivity contribution is 5.94. The molecular formula is C12H12F3NO. The van der Waals surface area contributed by atoms with Gasteiger partial charge < -0.3 is 5.32 Å². The van der Waals surface area contributed by atoms with Crippen LogP contribution in [0.25, 0.3) is 5.57 Å². The Balaban J connectivity index is 3.15. The third kappa shape index (κ3) is 2.87.